The number of rotatable bonds is 2. The molecule has 0 aliphatic heterocycles. The fourth-order valence-corrected chi connectivity index (χ4v) is 1.77. The zero-order chi connectivity index (χ0) is 7.40. The second-order valence-corrected chi connectivity index (χ2v) is 3.69. The van der Waals surface area contributed by atoms with E-state index in [1.165, 1.54) is 11.8 Å². The summed E-state index contributed by atoms with van der Waals surface area (Å²) in [6.07, 6.45) is 0. The van der Waals surface area contributed by atoms with Crippen LogP contribution in [-0.4, -0.2) is 5.21 Å². The van der Waals surface area contributed by atoms with Crippen molar-refractivity contribution in [3.63, 3.8) is 0 Å². The Bertz CT molecular complexity index is 213. The summed E-state index contributed by atoms with van der Waals surface area (Å²) in [5.74, 6) is 0. The van der Waals surface area contributed by atoms with Gasteiger partial charge in [-0.2, -0.15) is 0 Å². The van der Waals surface area contributed by atoms with Crippen LogP contribution in [0.5, 0.6) is 0 Å². The van der Waals surface area contributed by atoms with Gasteiger partial charge in [-0.1, -0.05) is 23.7 Å². The number of hydrogen-bond donors (Lipinski definition) is 0. The molecule has 0 radical (unpaired) electrons. The molecule has 0 nitrogen and oxygen atoms in total. The summed E-state index contributed by atoms with van der Waals surface area (Å²) in [5.41, 5.74) is 0. The van der Waals surface area contributed by atoms with E-state index in [4.69, 9.17) is 23.2 Å². The molecule has 0 bridgehead atoms. The lowest BCUT2D eigenvalue weighted by atomic mass is 10.4. The van der Waals surface area contributed by atoms with Crippen LogP contribution < -0.4 is 0 Å². The van der Waals surface area contributed by atoms with Crippen LogP contribution in [0.3, 0.4) is 0 Å². The first kappa shape index (κ1) is 8.25. The molecule has 0 N–H and O–H groups in total. The zero-order valence-corrected chi connectivity index (χ0v) is 7.51. The molecule has 0 aliphatic rings. The summed E-state index contributed by atoms with van der Waals surface area (Å²) in [4.78, 5) is 1.04. The Balaban J connectivity index is 2.81. The number of thioether (sulfide) groups is 1. The molecular weight excluding hydrogens is 187 g/mol. The minimum atomic E-state index is 0.545. The molecule has 0 saturated carbocycles. The van der Waals surface area contributed by atoms with Gasteiger partial charge in [0.2, 0.25) is 0 Å². The Hall–Kier alpha value is 0.150. The third-order valence-corrected chi connectivity index (χ3v) is 2.59. The molecule has 0 aromatic heterocycles. The summed E-state index contributed by atoms with van der Waals surface area (Å²) in [7, 11) is 0. The SMILES string of the molecule is ClCSc1ccccc1Cl. The van der Waals surface area contributed by atoms with E-state index in [-0.39, 0.29) is 0 Å². The third-order valence-electron chi connectivity index (χ3n) is 1.05. The van der Waals surface area contributed by atoms with Crippen LogP contribution in [0.4, 0.5) is 0 Å². The summed E-state index contributed by atoms with van der Waals surface area (Å²) in [6.45, 7) is 0. The first-order valence-corrected chi connectivity index (χ1v) is 4.67. The van der Waals surface area contributed by atoms with Gasteiger partial charge in [-0.05, 0) is 12.1 Å². The largest absolute Gasteiger partial charge is 0.114 e. The van der Waals surface area contributed by atoms with Crippen molar-refractivity contribution in [2.24, 2.45) is 0 Å². The fourth-order valence-electron chi connectivity index (χ4n) is 0.621. The van der Waals surface area contributed by atoms with Crippen molar-refractivity contribution in [3.8, 4) is 0 Å². The molecule has 0 amide bonds. The van der Waals surface area contributed by atoms with E-state index in [1.54, 1.807) is 0 Å². The third kappa shape index (κ3) is 2.08. The lowest BCUT2D eigenvalue weighted by Gasteiger charge is -1.97. The minimum absolute atomic E-state index is 0.545. The molecule has 0 atom stereocenters. The van der Waals surface area contributed by atoms with E-state index in [9.17, 15) is 0 Å². The summed E-state index contributed by atoms with van der Waals surface area (Å²) < 4.78 is 0. The molecule has 10 heavy (non-hydrogen) atoms. The second kappa shape index (κ2) is 4.12. The van der Waals surface area contributed by atoms with Crippen molar-refractivity contribution in [2.45, 2.75) is 4.90 Å². The van der Waals surface area contributed by atoms with Gasteiger partial charge in [-0.15, -0.1) is 23.4 Å². The molecule has 0 heterocycles. The zero-order valence-electron chi connectivity index (χ0n) is 5.18. The molecule has 1 aromatic rings. The van der Waals surface area contributed by atoms with Gasteiger partial charge in [0.1, 0.15) is 0 Å². The summed E-state index contributed by atoms with van der Waals surface area (Å²) >= 11 is 12.9. The van der Waals surface area contributed by atoms with E-state index in [2.05, 4.69) is 0 Å². The molecule has 1 rings (SSSR count). The van der Waals surface area contributed by atoms with E-state index in [1.807, 2.05) is 24.3 Å². The molecule has 3 heteroatoms. The Morgan fingerprint density at radius 2 is 2.00 bits per heavy atom. The smallest absolute Gasteiger partial charge is 0.0728 e. The van der Waals surface area contributed by atoms with Crippen LogP contribution in [-0.2, 0) is 0 Å². The molecule has 0 spiro atoms. The number of benzene rings is 1. The highest BCUT2D eigenvalue weighted by Gasteiger charge is 1.95. The predicted octanol–water partition coefficient (Wildman–Crippen LogP) is 3.63. The Kier molecular flexibility index (Phi) is 3.40. The molecule has 54 valence electrons. The standard InChI is InChI=1S/C7H6Cl2S/c8-5-10-7-4-2-1-3-6(7)9/h1-4H,5H2. The lowest BCUT2D eigenvalue weighted by Crippen LogP contribution is -1.71. The summed E-state index contributed by atoms with van der Waals surface area (Å²) in [5, 5.41) is 1.32. The maximum atomic E-state index is 5.82. The molecule has 0 saturated heterocycles. The van der Waals surface area contributed by atoms with Crippen LogP contribution in [0, 0.1) is 0 Å². The van der Waals surface area contributed by atoms with Crippen LogP contribution in [0.15, 0.2) is 29.2 Å². The lowest BCUT2D eigenvalue weighted by molar-refractivity contribution is 1.47. The van der Waals surface area contributed by atoms with Gasteiger partial charge in [-0.3, -0.25) is 0 Å². The van der Waals surface area contributed by atoms with Crippen LogP contribution in [0.1, 0.15) is 0 Å². The first-order valence-electron chi connectivity index (χ1n) is 2.78. The number of halogens is 2. The van der Waals surface area contributed by atoms with E-state index in [0.717, 1.165) is 9.92 Å². The number of alkyl halides is 1. The van der Waals surface area contributed by atoms with Crippen LogP contribution in [0.2, 0.25) is 5.02 Å². The average Bonchev–Trinajstić information content (AvgIpc) is 1.94. The van der Waals surface area contributed by atoms with Gasteiger partial charge in [0, 0.05) is 4.90 Å². The van der Waals surface area contributed by atoms with E-state index < -0.39 is 0 Å². The Morgan fingerprint density at radius 1 is 1.30 bits per heavy atom. The monoisotopic (exact) mass is 192 g/mol. The number of hydrogen-bond acceptors (Lipinski definition) is 1. The average molecular weight is 193 g/mol. The first-order chi connectivity index (χ1) is 4.84. The van der Waals surface area contributed by atoms with Gasteiger partial charge in [0.25, 0.3) is 0 Å². The molecule has 0 unspecified atom stereocenters. The molecular formula is C7H6Cl2S. The van der Waals surface area contributed by atoms with Crippen LogP contribution in [0.25, 0.3) is 0 Å². The Morgan fingerprint density at radius 3 is 2.60 bits per heavy atom. The summed E-state index contributed by atoms with van der Waals surface area (Å²) in [6, 6.07) is 7.66. The maximum absolute atomic E-state index is 5.82. The van der Waals surface area contributed by atoms with Gasteiger partial charge in [-0.25, -0.2) is 0 Å². The van der Waals surface area contributed by atoms with Crippen molar-refractivity contribution in [1.82, 2.24) is 0 Å². The van der Waals surface area contributed by atoms with Gasteiger partial charge < -0.3 is 0 Å². The van der Waals surface area contributed by atoms with Crippen molar-refractivity contribution < 1.29 is 0 Å². The van der Waals surface area contributed by atoms with Crippen LogP contribution >= 0.6 is 35.0 Å². The quantitative estimate of drug-likeness (QED) is 0.510. The van der Waals surface area contributed by atoms with Crippen molar-refractivity contribution in [3.05, 3.63) is 29.3 Å². The second-order valence-electron chi connectivity index (χ2n) is 1.68. The van der Waals surface area contributed by atoms with E-state index >= 15 is 0 Å². The molecule has 1 aromatic carbocycles. The highest BCUT2D eigenvalue weighted by Crippen LogP contribution is 2.26. The minimum Gasteiger partial charge on any atom is -0.114 e. The maximum Gasteiger partial charge on any atom is 0.0728 e. The highest BCUT2D eigenvalue weighted by atomic mass is 35.5. The molecule has 0 aliphatic carbocycles. The predicted molar refractivity (Wildman–Crippen MR) is 48.0 cm³/mol. The van der Waals surface area contributed by atoms with Gasteiger partial charge in [0.05, 0.1) is 10.2 Å². The normalized spacial score (nSPS) is 9.80. The Labute approximate surface area is 74.5 Å². The van der Waals surface area contributed by atoms with Gasteiger partial charge in [0.15, 0.2) is 0 Å². The topological polar surface area (TPSA) is 0 Å². The van der Waals surface area contributed by atoms with Gasteiger partial charge >= 0.3 is 0 Å². The van der Waals surface area contributed by atoms with E-state index in [0.29, 0.717) is 5.21 Å². The van der Waals surface area contributed by atoms with Crippen molar-refractivity contribution in [1.29, 1.82) is 0 Å². The molecule has 0 fully saturated rings. The van der Waals surface area contributed by atoms with Crippen molar-refractivity contribution in [2.75, 3.05) is 5.21 Å². The highest BCUT2D eigenvalue weighted by molar-refractivity contribution is 8.00. The van der Waals surface area contributed by atoms with Crippen molar-refractivity contribution >= 4 is 35.0 Å². The fraction of sp³-hybridized carbons (Fsp3) is 0.143.